The first-order valence-electron chi connectivity index (χ1n) is 4.90. The van der Waals surface area contributed by atoms with Crippen LogP contribution >= 0.6 is 0 Å². The summed E-state index contributed by atoms with van der Waals surface area (Å²) in [7, 11) is 0. The maximum Gasteiger partial charge on any atom is 0.167 e. The van der Waals surface area contributed by atoms with Crippen molar-refractivity contribution < 1.29 is 20.1 Å². The Morgan fingerprint density at radius 1 is 1.43 bits per heavy atom. The molecule has 0 radical (unpaired) electrons. The molecule has 4 heteroatoms. The summed E-state index contributed by atoms with van der Waals surface area (Å²) in [5, 5.41) is 28.9. The summed E-state index contributed by atoms with van der Waals surface area (Å²) in [5.74, 6) is -0.550. The van der Waals surface area contributed by atoms with Crippen LogP contribution in [0.15, 0.2) is 0 Å². The van der Waals surface area contributed by atoms with Gasteiger partial charge in [0.1, 0.15) is 11.7 Å². The lowest BCUT2D eigenvalue weighted by Gasteiger charge is -2.41. The Labute approximate surface area is 83.6 Å². The minimum Gasteiger partial charge on any atom is -0.390 e. The van der Waals surface area contributed by atoms with E-state index < -0.39 is 23.6 Å². The van der Waals surface area contributed by atoms with E-state index in [1.54, 1.807) is 0 Å². The van der Waals surface area contributed by atoms with E-state index >= 15 is 0 Å². The lowest BCUT2D eigenvalue weighted by molar-refractivity contribution is -0.180. The third-order valence-electron chi connectivity index (χ3n) is 3.18. The lowest BCUT2D eigenvalue weighted by atomic mass is 9.71. The van der Waals surface area contributed by atoms with Crippen molar-refractivity contribution >= 4 is 5.78 Å². The molecule has 0 aromatic rings. The normalized spacial score (nSPS) is 44.5. The highest BCUT2D eigenvalue weighted by atomic mass is 16.4. The minimum absolute atomic E-state index is 0.111. The fraction of sp³-hybridized carbons (Fsp3) is 0.900. The van der Waals surface area contributed by atoms with Gasteiger partial charge in [-0.05, 0) is 18.8 Å². The van der Waals surface area contributed by atoms with Crippen molar-refractivity contribution in [1.82, 2.24) is 0 Å². The summed E-state index contributed by atoms with van der Waals surface area (Å²) in [6.07, 6.45) is -2.28. The van der Waals surface area contributed by atoms with Gasteiger partial charge in [0.15, 0.2) is 5.78 Å². The Hall–Kier alpha value is -0.450. The Kier molecular flexibility index (Phi) is 2.99. The molecule has 1 rings (SSSR count). The Morgan fingerprint density at radius 3 is 2.36 bits per heavy atom. The van der Waals surface area contributed by atoms with Gasteiger partial charge in [0, 0.05) is 6.42 Å². The zero-order valence-corrected chi connectivity index (χ0v) is 8.77. The number of ketones is 1. The van der Waals surface area contributed by atoms with Crippen LogP contribution in [0.1, 0.15) is 27.2 Å². The van der Waals surface area contributed by atoms with Crippen LogP contribution in [0.25, 0.3) is 0 Å². The van der Waals surface area contributed by atoms with Crippen molar-refractivity contribution in [2.24, 2.45) is 11.8 Å². The predicted molar refractivity (Wildman–Crippen MR) is 50.6 cm³/mol. The lowest BCUT2D eigenvalue weighted by Crippen LogP contribution is -2.60. The second-order valence-corrected chi connectivity index (χ2v) is 4.62. The second-order valence-electron chi connectivity index (χ2n) is 4.62. The SMILES string of the molecule is CC(C)[C@H]1CC(=O)[C@](C)(O)[C@H](O)[C@H]1O. The van der Waals surface area contributed by atoms with Crippen LogP contribution < -0.4 is 0 Å². The number of Topliss-reactive ketones (excluding diaryl/α,β-unsaturated/α-hetero) is 1. The maximum absolute atomic E-state index is 11.5. The smallest absolute Gasteiger partial charge is 0.167 e. The van der Waals surface area contributed by atoms with Crippen molar-refractivity contribution in [1.29, 1.82) is 0 Å². The van der Waals surface area contributed by atoms with E-state index in [9.17, 15) is 20.1 Å². The van der Waals surface area contributed by atoms with Crippen molar-refractivity contribution in [3.8, 4) is 0 Å². The monoisotopic (exact) mass is 202 g/mol. The van der Waals surface area contributed by atoms with Gasteiger partial charge in [0.2, 0.25) is 0 Å². The van der Waals surface area contributed by atoms with Crippen LogP contribution in [-0.2, 0) is 4.79 Å². The molecule has 0 saturated heterocycles. The Balaban J connectivity index is 2.90. The summed E-state index contributed by atoms with van der Waals surface area (Å²) < 4.78 is 0. The average Bonchev–Trinajstić information content (AvgIpc) is 2.08. The summed E-state index contributed by atoms with van der Waals surface area (Å²) in [4.78, 5) is 11.5. The number of aliphatic hydroxyl groups is 3. The molecule has 0 unspecified atom stereocenters. The Morgan fingerprint density at radius 2 is 1.93 bits per heavy atom. The van der Waals surface area contributed by atoms with Gasteiger partial charge in [0.25, 0.3) is 0 Å². The highest BCUT2D eigenvalue weighted by molar-refractivity contribution is 5.88. The van der Waals surface area contributed by atoms with Crippen molar-refractivity contribution in [2.75, 3.05) is 0 Å². The molecular formula is C10H18O4. The van der Waals surface area contributed by atoms with Crippen LogP contribution in [0.5, 0.6) is 0 Å². The van der Waals surface area contributed by atoms with Gasteiger partial charge in [-0.15, -0.1) is 0 Å². The van der Waals surface area contributed by atoms with E-state index in [0.29, 0.717) is 0 Å². The van der Waals surface area contributed by atoms with Crippen LogP contribution in [0, 0.1) is 11.8 Å². The number of hydrogen-bond acceptors (Lipinski definition) is 4. The first-order chi connectivity index (χ1) is 6.28. The fourth-order valence-electron chi connectivity index (χ4n) is 1.90. The predicted octanol–water partition coefficient (Wildman–Crippen LogP) is -0.296. The van der Waals surface area contributed by atoms with Gasteiger partial charge in [-0.25, -0.2) is 0 Å². The fourth-order valence-corrected chi connectivity index (χ4v) is 1.90. The zero-order valence-electron chi connectivity index (χ0n) is 8.77. The summed E-state index contributed by atoms with van der Waals surface area (Å²) in [6, 6.07) is 0. The number of rotatable bonds is 1. The third-order valence-corrected chi connectivity index (χ3v) is 3.18. The molecule has 4 atom stereocenters. The largest absolute Gasteiger partial charge is 0.390 e. The molecule has 0 spiro atoms. The van der Waals surface area contributed by atoms with Crippen molar-refractivity contribution in [3.05, 3.63) is 0 Å². The number of carbonyl (C=O) groups is 1. The molecule has 4 nitrogen and oxygen atoms in total. The molecule has 0 amide bonds. The molecule has 1 aliphatic carbocycles. The van der Waals surface area contributed by atoms with Gasteiger partial charge in [-0.2, -0.15) is 0 Å². The van der Waals surface area contributed by atoms with Gasteiger partial charge >= 0.3 is 0 Å². The van der Waals surface area contributed by atoms with Gasteiger partial charge in [-0.3, -0.25) is 4.79 Å². The Bertz CT molecular complexity index is 232. The first kappa shape index (κ1) is 11.6. The summed E-state index contributed by atoms with van der Waals surface area (Å²) in [6.45, 7) is 5.02. The van der Waals surface area contributed by atoms with Gasteiger partial charge in [0.05, 0.1) is 6.10 Å². The van der Waals surface area contributed by atoms with E-state index in [2.05, 4.69) is 0 Å². The standard InChI is InChI=1S/C10H18O4/c1-5(2)6-4-7(11)10(3,14)9(13)8(6)12/h5-6,8-9,12-14H,4H2,1-3H3/t6-,8+,9-,10+/m1/s1. The maximum atomic E-state index is 11.5. The number of carbonyl (C=O) groups excluding carboxylic acids is 1. The molecule has 1 saturated carbocycles. The highest BCUT2D eigenvalue weighted by Gasteiger charge is 2.50. The van der Waals surface area contributed by atoms with E-state index in [1.807, 2.05) is 13.8 Å². The number of hydrogen-bond donors (Lipinski definition) is 3. The van der Waals surface area contributed by atoms with E-state index in [1.165, 1.54) is 6.92 Å². The van der Waals surface area contributed by atoms with Crippen LogP contribution in [0.2, 0.25) is 0 Å². The quantitative estimate of drug-likeness (QED) is 0.545. The van der Waals surface area contributed by atoms with E-state index in [0.717, 1.165) is 0 Å². The molecule has 0 bridgehead atoms. The van der Waals surface area contributed by atoms with Crippen molar-refractivity contribution in [3.63, 3.8) is 0 Å². The molecule has 1 fully saturated rings. The molecule has 3 N–H and O–H groups in total. The van der Waals surface area contributed by atoms with Crippen LogP contribution in [-0.4, -0.2) is 38.9 Å². The van der Waals surface area contributed by atoms with E-state index in [4.69, 9.17) is 0 Å². The number of aliphatic hydroxyl groups excluding tert-OH is 2. The molecule has 14 heavy (non-hydrogen) atoms. The van der Waals surface area contributed by atoms with Gasteiger partial charge < -0.3 is 15.3 Å². The molecule has 0 aromatic heterocycles. The summed E-state index contributed by atoms with van der Waals surface area (Å²) in [5.41, 5.74) is -1.80. The average molecular weight is 202 g/mol. The first-order valence-corrected chi connectivity index (χ1v) is 4.90. The molecular weight excluding hydrogens is 184 g/mol. The minimum atomic E-state index is -1.80. The topological polar surface area (TPSA) is 77.8 Å². The molecule has 0 aromatic carbocycles. The van der Waals surface area contributed by atoms with Gasteiger partial charge in [-0.1, -0.05) is 13.8 Å². The van der Waals surface area contributed by atoms with E-state index in [-0.39, 0.29) is 18.3 Å². The second kappa shape index (κ2) is 3.61. The molecule has 82 valence electrons. The van der Waals surface area contributed by atoms with Crippen LogP contribution in [0.3, 0.4) is 0 Å². The summed E-state index contributed by atoms with van der Waals surface area (Å²) >= 11 is 0. The van der Waals surface area contributed by atoms with Crippen LogP contribution in [0.4, 0.5) is 0 Å². The molecule has 0 heterocycles. The molecule has 1 aliphatic rings. The molecule has 0 aliphatic heterocycles. The zero-order chi connectivity index (χ0) is 11.1. The van der Waals surface area contributed by atoms with Crippen molar-refractivity contribution in [2.45, 2.75) is 45.0 Å². The highest BCUT2D eigenvalue weighted by Crippen LogP contribution is 2.33. The third kappa shape index (κ3) is 1.69.